The lowest BCUT2D eigenvalue weighted by Gasteiger charge is -2.24. The summed E-state index contributed by atoms with van der Waals surface area (Å²) in [6.07, 6.45) is 4.28. The summed E-state index contributed by atoms with van der Waals surface area (Å²) in [5.41, 5.74) is 3.37. The van der Waals surface area contributed by atoms with Crippen LogP contribution < -0.4 is 5.32 Å². The van der Waals surface area contributed by atoms with Gasteiger partial charge in [-0.1, -0.05) is 48.0 Å². The highest BCUT2D eigenvalue weighted by atomic mass is 35.5. The van der Waals surface area contributed by atoms with E-state index in [4.69, 9.17) is 11.6 Å². The summed E-state index contributed by atoms with van der Waals surface area (Å²) in [5.74, 6) is 0.244. The van der Waals surface area contributed by atoms with Crippen LogP contribution in [-0.4, -0.2) is 41.5 Å². The lowest BCUT2D eigenvalue weighted by molar-refractivity contribution is -0.131. The van der Waals surface area contributed by atoms with Gasteiger partial charge in [-0.3, -0.25) is 4.79 Å². The van der Waals surface area contributed by atoms with Crippen molar-refractivity contribution in [2.75, 3.05) is 19.6 Å². The van der Waals surface area contributed by atoms with Gasteiger partial charge in [-0.05, 0) is 43.0 Å². The van der Waals surface area contributed by atoms with Crippen LogP contribution in [0.5, 0.6) is 0 Å². The molecule has 0 bridgehead atoms. The summed E-state index contributed by atoms with van der Waals surface area (Å²) in [4.78, 5) is 18.0. The number of carbonyl (C=O) groups is 1. The summed E-state index contributed by atoms with van der Waals surface area (Å²) >= 11 is 6.56. The van der Waals surface area contributed by atoms with Gasteiger partial charge in [-0.2, -0.15) is 0 Å². The molecule has 1 aliphatic heterocycles. The number of aromatic amines is 1. The Bertz CT molecular complexity index is 961. The van der Waals surface area contributed by atoms with Crippen LogP contribution in [-0.2, 0) is 4.79 Å². The Hall–Kier alpha value is -2.30. The lowest BCUT2D eigenvalue weighted by atomic mass is 9.90. The van der Waals surface area contributed by atoms with E-state index in [-0.39, 0.29) is 17.9 Å². The van der Waals surface area contributed by atoms with Crippen LogP contribution >= 0.6 is 11.6 Å². The van der Waals surface area contributed by atoms with Crippen molar-refractivity contribution in [2.45, 2.75) is 31.7 Å². The minimum atomic E-state index is -0.215. The van der Waals surface area contributed by atoms with Crippen molar-refractivity contribution in [3.63, 3.8) is 0 Å². The highest BCUT2D eigenvalue weighted by Crippen LogP contribution is 2.34. The van der Waals surface area contributed by atoms with Crippen LogP contribution in [0.3, 0.4) is 0 Å². The molecule has 28 heavy (non-hydrogen) atoms. The van der Waals surface area contributed by atoms with Gasteiger partial charge in [0.2, 0.25) is 5.91 Å². The average Bonchev–Trinajstić information content (AvgIpc) is 3.39. The van der Waals surface area contributed by atoms with Crippen LogP contribution in [0.4, 0.5) is 0 Å². The third kappa shape index (κ3) is 3.80. The summed E-state index contributed by atoms with van der Waals surface area (Å²) in [6.45, 7) is 4.36. The number of fused-ring (bicyclic) bond motifs is 1. The first-order valence-electron chi connectivity index (χ1n) is 9.98. The molecule has 1 aromatic heterocycles. The van der Waals surface area contributed by atoms with E-state index in [1.54, 1.807) is 0 Å². The first kappa shape index (κ1) is 19.0. The maximum absolute atomic E-state index is 12.7. The number of amides is 1. The van der Waals surface area contributed by atoms with Crippen molar-refractivity contribution in [1.29, 1.82) is 0 Å². The van der Waals surface area contributed by atoms with Crippen LogP contribution in [0.1, 0.15) is 36.8 Å². The van der Waals surface area contributed by atoms with Crippen molar-refractivity contribution in [3.05, 3.63) is 70.9 Å². The number of nitrogens with zero attached hydrogens (tertiary/aromatic N) is 1. The molecule has 2 atom stereocenters. The summed E-state index contributed by atoms with van der Waals surface area (Å²) < 4.78 is 0. The fourth-order valence-corrected chi connectivity index (χ4v) is 4.39. The van der Waals surface area contributed by atoms with E-state index in [1.807, 2.05) is 36.1 Å². The second-order valence-electron chi connectivity index (χ2n) is 7.53. The Morgan fingerprint density at radius 1 is 1.11 bits per heavy atom. The van der Waals surface area contributed by atoms with E-state index >= 15 is 0 Å². The molecule has 5 heteroatoms. The molecular weight excluding hydrogens is 370 g/mol. The first-order chi connectivity index (χ1) is 13.6. The molecule has 2 N–H and O–H groups in total. The Balaban J connectivity index is 1.60. The van der Waals surface area contributed by atoms with E-state index in [9.17, 15) is 4.79 Å². The highest BCUT2D eigenvalue weighted by Gasteiger charge is 2.25. The van der Waals surface area contributed by atoms with Gasteiger partial charge in [0.25, 0.3) is 0 Å². The number of hydrogen-bond donors (Lipinski definition) is 2. The van der Waals surface area contributed by atoms with Crippen molar-refractivity contribution in [2.24, 2.45) is 0 Å². The molecule has 4 nitrogen and oxygen atoms in total. The quantitative estimate of drug-likeness (QED) is 0.643. The van der Waals surface area contributed by atoms with E-state index < -0.39 is 0 Å². The highest BCUT2D eigenvalue weighted by molar-refractivity contribution is 6.31. The normalized spacial score (nSPS) is 16.4. The molecule has 2 aromatic carbocycles. The van der Waals surface area contributed by atoms with Gasteiger partial charge in [0.15, 0.2) is 0 Å². The minimum Gasteiger partial charge on any atom is -0.361 e. The van der Waals surface area contributed by atoms with Gasteiger partial charge in [-0.15, -0.1) is 0 Å². The lowest BCUT2D eigenvalue weighted by Crippen LogP contribution is -2.44. The summed E-state index contributed by atoms with van der Waals surface area (Å²) in [6, 6.07) is 16.0. The van der Waals surface area contributed by atoms with Gasteiger partial charge < -0.3 is 15.2 Å². The minimum absolute atomic E-state index is 0.0543. The number of H-pyrrole nitrogens is 1. The number of aromatic nitrogens is 1. The molecule has 1 fully saturated rings. The molecule has 0 spiro atoms. The predicted octanol–water partition coefficient (Wildman–Crippen LogP) is 4.55. The second kappa shape index (κ2) is 8.38. The molecule has 146 valence electrons. The Morgan fingerprint density at radius 2 is 1.82 bits per heavy atom. The van der Waals surface area contributed by atoms with E-state index in [0.29, 0.717) is 6.54 Å². The molecule has 4 rings (SSSR count). The number of likely N-dealkylation sites (tertiary alicyclic amines) is 1. The SMILES string of the molecule is C[C@@H](NC[C@@H](c1ccccc1Cl)c1c[nH]c2ccccc12)C(=O)N1CCCC1. The molecule has 0 aliphatic carbocycles. The van der Waals surface area contributed by atoms with Crippen LogP contribution in [0, 0.1) is 0 Å². The van der Waals surface area contributed by atoms with Crippen molar-refractivity contribution in [3.8, 4) is 0 Å². The van der Waals surface area contributed by atoms with E-state index in [1.165, 1.54) is 10.9 Å². The van der Waals surface area contributed by atoms with Crippen molar-refractivity contribution >= 4 is 28.4 Å². The van der Waals surface area contributed by atoms with E-state index in [0.717, 1.165) is 42.0 Å². The zero-order chi connectivity index (χ0) is 19.5. The second-order valence-corrected chi connectivity index (χ2v) is 7.93. The largest absolute Gasteiger partial charge is 0.361 e. The maximum atomic E-state index is 12.7. The van der Waals surface area contributed by atoms with Gasteiger partial charge in [0.1, 0.15) is 0 Å². The molecule has 1 aliphatic rings. The standard InChI is InChI=1S/C23H26ClN3O/c1-16(23(28)27-12-6-7-13-27)25-14-19(17-8-2-4-10-21(17)24)20-15-26-22-11-5-3-9-18(20)22/h2-5,8-11,15-16,19,25-26H,6-7,12-14H2,1H3/t16-,19+/m1/s1. The number of halogens is 1. The molecule has 0 radical (unpaired) electrons. The number of nitrogens with one attached hydrogen (secondary N) is 2. The number of para-hydroxylation sites is 1. The number of carbonyl (C=O) groups excluding carboxylic acids is 1. The smallest absolute Gasteiger partial charge is 0.239 e. The molecule has 1 amide bonds. The molecule has 1 saturated heterocycles. The fourth-order valence-electron chi connectivity index (χ4n) is 4.12. The number of benzene rings is 2. The zero-order valence-electron chi connectivity index (χ0n) is 16.1. The number of rotatable bonds is 6. The molecule has 2 heterocycles. The maximum Gasteiger partial charge on any atom is 0.239 e. The van der Waals surface area contributed by atoms with E-state index in [2.05, 4.69) is 40.8 Å². The molecule has 0 saturated carbocycles. The Morgan fingerprint density at radius 3 is 2.61 bits per heavy atom. The average molecular weight is 396 g/mol. The molecular formula is C23H26ClN3O. The first-order valence-corrected chi connectivity index (χ1v) is 10.4. The van der Waals surface area contributed by atoms with Gasteiger partial charge in [0.05, 0.1) is 6.04 Å². The van der Waals surface area contributed by atoms with Crippen LogP contribution in [0.2, 0.25) is 5.02 Å². The molecule has 0 unspecified atom stereocenters. The molecule has 3 aromatic rings. The van der Waals surface area contributed by atoms with Crippen molar-refractivity contribution < 1.29 is 4.79 Å². The number of hydrogen-bond acceptors (Lipinski definition) is 2. The van der Waals surface area contributed by atoms with Crippen molar-refractivity contribution in [1.82, 2.24) is 15.2 Å². The van der Waals surface area contributed by atoms with Crippen LogP contribution in [0.25, 0.3) is 10.9 Å². The zero-order valence-corrected chi connectivity index (χ0v) is 16.9. The Kier molecular flexibility index (Phi) is 5.69. The third-order valence-electron chi connectivity index (χ3n) is 5.69. The van der Waals surface area contributed by atoms with Gasteiger partial charge in [-0.25, -0.2) is 0 Å². The monoisotopic (exact) mass is 395 g/mol. The third-order valence-corrected chi connectivity index (χ3v) is 6.04. The summed E-state index contributed by atoms with van der Waals surface area (Å²) in [5, 5.41) is 5.41. The Labute approximate surface area is 170 Å². The predicted molar refractivity (Wildman–Crippen MR) is 115 cm³/mol. The topological polar surface area (TPSA) is 48.1 Å². The fraction of sp³-hybridized carbons (Fsp3) is 0.348. The summed E-state index contributed by atoms with van der Waals surface area (Å²) in [7, 11) is 0. The van der Waals surface area contributed by atoms with Crippen LogP contribution in [0.15, 0.2) is 54.7 Å². The van der Waals surface area contributed by atoms with Gasteiger partial charge >= 0.3 is 0 Å². The van der Waals surface area contributed by atoms with Gasteiger partial charge in [0, 0.05) is 47.7 Å².